The molecular weight excluding hydrogens is 216 g/mol. The Morgan fingerprint density at radius 3 is 2.24 bits per heavy atom. The highest BCUT2D eigenvalue weighted by atomic mass is 16.7. The molecule has 2 aliphatic heterocycles. The highest BCUT2D eigenvalue weighted by molar-refractivity contribution is 4.82. The van der Waals surface area contributed by atoms with Crippen LogP contribution in [0.15, 0.2) is 0 Å². The summed E-state index contributed by atoms with van der Waals surface area (Å²) in [4.78, 5) is 2.54. The highest BCUT2D eigenvalue weighted by Crippen LogP contribution is 2.31. The number of ether oxygens (including phenoxy) is 2. The van der Waals surface area contributed by atoms with Crippen LogP contribution in [0.2, 0.25) is 0 Å². The molecule has 2 N–H and O–H groups in total. The molecule has 2 heterocycles. The van der Waals surface area contributed by atoms with Crippen molar-refractivity contribution in [2.75, 3.05) is 39.4 Å². The monoisotopic (exact) mass is 242 g/mol. The van der Waals surface area contributed by atoms with Gasteiger partial charge >= 0.3 is 0 Å². The van der Waals surface area contributed by atoms with Gasteiger partial charge in [0.1, 0.15) is 0 Å². The molecule has 0 saturated carbocycles. The average Bonchev–Trinajstić information content (AvgIpc) is 2.80. The lowest BCUT2D eigenvalue weighted by atomic mass is 10.0. The second-order valence-electron chi connectivity index (χ2n) is 5.15. The van der Waals surface area contributed by atoms with Crippen LogP contribution in [0, 0.1) is 0 Å². The van der Waals surface area contributed by atoms with Gasteiger partial charge in [0, 0.05) is 25.9 Å². The van der Waals surface area contributed by atoms with Gasteiger partial charge in [-0.05, 0) is 25.9 Å². The molecule has 0 bridgehead atoms. The summed E-state index contributed by atoms with van der Waals surface area (Å²) in [6, 6.07) is 0. The molecule has 0 atom stereocenters. The Balaban J connectivity index is 1.56. The highest BCUT2D eigenvalue weighted by Gasteiger charge is 2.39. The first-order valence-electron chi connectivity index (χ1n) is 7.05. The van der Waals surface area contributed by atoms with Crippen molar-refractivity contribution >= 4 is 0 Å². The molecule has 4 heteroatoms. The van der Waals surface area contributed by atoms with Gasteiger partial charge in [0.15, 0.2) is 5.79 Å². The minimum absolute atomic E-state index is 0.212. The number of nitrogens with zero attached hydrogens (tertiary/aromatic N) is 1. The predicted molar refractivity (Wildman–Crippen MR) is 67.8 cm³/mol. The van der Waals surface area contributed by atoms with E-state index in [9.17, 15) is 0 Å². The zero-order valence-electron chi connectivity index (χ0n) is 10.8. The van der Waals surface area contributed by atoms with E-state index in [0.717, 1.165) is 45.7 Å². The first kappa shape index (κ1) is 13.3. The second kappa shape index (κ2) is 6.69. The molecule has 0 aromatic heterocycles. The topological polar surface area (TPSA) is 47.7 Å². The third-order valence-electron chi connectivity index (χ3n) is 3.86. The Hall–Kier alpha value is -0.160. The Morgan fingerprint density at radius 1 is 0.941 bits per heavy atom. The van der Waals surface area contributed by atoms with Crippen LogP contribution >= 0.6 is 0 Å². The summed E-state index contributed by atoms with van der Waals surface area (Å²) in [5.41, 5.74) is 5.48. The van der Waals surface area contributed by atoms with Crippen molar-refractivity contribution in [1.82, 2.24) is 4.90 Å². The Kier molecular flexibility index (Phi) is 5.22. The molecule has 2 rings (SSSR count). The zero-order valence-corrected chi connectivity index (χ0v) is 10.8. The smallest absolute Gasteiger partial charge is 0.170 e. The number of piperidine rings is 1. The zero-order chi connectivity index (χ0) is 12.0. The number of hydrogen-bond donors (Lipinski definition) is 1. The van der Waals surface area contributed by atoms with Crippen LogP contribution in [0.25, 0.3) is 0 Å². The SMILES string of the molecule is NCCCCCCN1CCC2(CC1)OCCO2. The van der Waals surface area contributed by atoms with Crippen LogP contribution in [0.4, 0.5) is 0 Å². The minimum Gasteiger partial charge on any atom is -0.347 e. The Bertz CT molecular complexity index is 207. The lowest BCUT2D eigenvalue weighted by Crippen LogP contribution is -2.45. The average molecular weight is 242 g/mol. The molecule has 2 aliphatic rings. The molecule has 100 valence electrons. The van der Waals surface area contributed by atoms with Crippen molar-refractivity contribution in [3.63, 3.8) is 0 Å². The van der Waals surface area contributed by atoms with Crippen molar-refractivity contribution in [2.45, 2.75) is 44.3 Å². The lowest BCUT2D eigenvalue weighted by Gasteiger charge is -2.37. The quantitative estimate of drug-likeness (QED) is 0.714. The summed E-state index contributed by atoms with van der Waals surface area (Å²) in [6.07, 6.45) is 7.14. The van der Waals surface area contributed by atoms with E-state index in [4.69, 9.17) is 15.2 Å². The van der Waals surface area contributed by atoms with E-state index in [1.165, 1.54) is 32.2 Å². The van der Waals surface area contributed by atoms with Crippen molar-refractivity contribution in [3.05, 3.63) is 0 Å². The molecule has 4 nitrogen and oxygen atoms in total. The van der Waals surface area contributed by atoms with Crippen LogP contribution in [-0.4, -0.2) is 50.1 Å². The maximum Gasteiger partial charge on any atom is 0.170 e. The van der Waals surface area contributed by atoms with Gasteiger partial charge in [-0.1, -0.05) is 12.8 Å². The fourth-order valence-electron chi connectivity index (χ4n) is 2.74. The molecule has 0 amide bonds. The van der Waals surface area contributed by atoms with Gasteiger partial charge in [-0.15, -0.1) is 0 Å². The number of nitrogens with two attached hydrogens (primary N) is 1. The van der Waals surface area contributed by atoms with E-state index in [-0.39, 0.29) is 5.79 Å². The summed E-state index contributed by atoms with van der Waals surface area (Å²) in [6.45, 7) is 5.85. The van der Waals surface area contributed by atoms with Gasteiger partial charge < -0.3 is 20.1 Å². The first-order valence-corrected chi connectivity index (χ1v) is 7.05. The molecule has 0 unspecified atom stereocenters. The molecule has 1 spiro atoms. The normalized spacial score (nSPS) is 24.5. The van der Waals surface area contributed by atoms with E-state index in [0.29, 0.717) is 0 Å². The fraction of sp³-hybridized carbons (Fsp3) is 1.00. The Morgan fingerprint density at radius 2 is 1.59 bits per heavy atom. The van der Waals surface area contributed by atoms with Crippen molar-refractivity contribution in [1.29, 1.82) is 0 Å². The number of likely N-dealkylation sites (tertiary alicyclic amines) is 1. The second-order valence-corrected chi connectivity index (χ2v) is 5.15. The van der Waals surface area contributed by atoms with Gasteiger partial charge in [-0.25, -0.2) is 0 Å². The number of rotatable bonds is 6. The largest absolute Gasteiger partial charge is 0.347 e. The van der Waals surface area contributed by atoms with E-state index in [1.807, 2.05) is 0 Å². The van der Waals surface area contributed by atoms with Crippen LogP contribution in [-0.2, 0) is 9.47 Å². The van der Waals surface area contributed by atoms with Gasteiger partial charge in [0.2, 0.25) is 0 Å². The third-order valence-corrected chi connectivity index (χ3v) is 3.86. The summed E-state index contributed by atoms with van der Waals surface area (Å²) in [5.74, 6) is -0.212. The molecule has 0 aromatic carbocycles. The van der Waals surface area contributed by atoms with Crippen LogP contribution in [0.1, 0.15) is 38.5 Å². The van der Waals surface area contributed by atoms with Gasteiger partial charge in [-0.2, -0.15) is 0 Å². The van der Waals surface area contributed by atoms with Crippen LogP contribution < -0.4 is 5.73 Å². The fourth-order valence-corrected chi connectivity index (χ4v) is 2.74. The summed E-state index contributed by atoms with van der Waals surface area (Å²) < 4.78 is 11.4. The molecule has 0 aromatic rings. The van der Waals surface area contributed by atoms with Gasteiger partial charge in [0.05, 0.1) is 13.2 Å². The maximum atomic E-state index is 5.72. The summed E-state index contributed by atoms with van der Waals surface area (Å²) >= 11 is 0. The van der Waals surface area contributed by atoms with Crippen molar-refractivity contribution < 1.29 is 9.47 Å². The van der Waals surface area contributed by atoms with E-state index < -0.39 is 0 Å². The van der Waals surface area contributed by atoms with Crippen LogP contribution in [0.5, 0.6) is 0 Å². The Labute approximate surface area is 104 Å². The van der Waals surface area contributed by atoms with E-state index >= 15 is 0 Å². The lowest BCUT2D eigenvalue weighted by molar-refractivity contribution is -0.185. The standard InChI is InChI=1S/C13H26N2O2/c14-7-3-1-2-4-8-15-9-5-13(6-10-15)16-11-12-17-13/h1-12,14H2. The molecule has 2 saturated heterocycles. The van der Waals surface area contributed by atoms with Crippen molar-refractivity contribution in [3.8, 4) is 0 Å². The number of hydrogen-bond acceptors (Lipinski definition) is 4. The molecule has 0 radical (unpaired) electrons. The van der Waals surface area contributed by atoms with Crippen LogP contribution in [0.3, 0.4) is 0 Å². The van der Waals surface area contributed by atoms with E-state index in [1.54, 1.807) is 0 Å². The predicted octanol–water partition coefficient (Wildman–Crippen LogP) is 1.34. The third kappa shape index (κ3) is 3.91. The maximum absolute atomic E-state index is 5.72. The van der Waals surface area contributed by atoms with Gasteiger partial charge in [0.25, 0.3) is 0 Å². The summed E-state index contributed by atoms with van der Waals surface area (Å²) in [5, 5.41) is 0. The number of unbranched alkanes of at least 4 members (excludes halogenated alkanes) is 3. The molecule has 17 heavy (non-hydrogen) atoms. The molecule has 2 fully saturated rings. The van der Waals surface area contributed by atoms with E-state index in [2.05, 4.69) is 4.90 Å². The molecular formula is C13H26N2O2. The molecule has 0 aliphatic carbocycles. The van der Waals surface area contributed by atoms with Crippen molar-refractivity contribution in [2.24, 2.45) is 5.73 Å². The minimum atomic E-state index is -0.212. The summed E-state index contributed by atoms with van der Waals surface area (Å²) in [7, 11) is 0. The first-order chi connectivity index (χ1) is 8.35. The van der Waals surface area contributed by atoms with Gasteiger partial charge in [-0.3, -0.25) is 0 Å².